The number of ether oxygens (including phenoxy) is 1. The molecule has 1 saturated heterocycles. The molecule has 26 heavy (non-hydrogen) atoms. The van der Waals surface area contributed by atoms with Gasteiger partial charge in [0.05, 0.1) is 16.9 Å². The van der Waals surface area contributed by atoms with Crippen LogP contribution in [0, 0.1) is 0 Å². The Labute approximate surface area is 160 Å². The number of benzene rings is 2. The van der Waals surface area contributed by atoms with E-state index in [1.54, 1.807) is 55.7 Å². The monoisotopic (exact) mass is 406 g/mol. The molecular weight excluding hydrogens is 392 g/mol. The van der Waals surface area contributed by atoms with Gasteiger partial charge in [0.25, 0.3) is 15.9 Å². The van der Waals surface area contributed by atoms with Crippen LogP contribution < -0.4 is 9.57 Å². The van der Waals surface area contributed by atoms with Crippen LogP contribution in [0.15, 0.2) is 64.4 Å². The summed E-state index contributed by atoms with van der Waals surface area (Å²) in [6.07, 6.45) is 1.65. The lowest BCUT2D eigenvalue weighted by Gasteiger charge is -2.15. The highest BCUT2D eigenvalue weighted by atomic mass is 32.2. The topological polar surface area (TPSA) is 75.7 Å². The van der Waals surface area contributed by atoms with Gasteiger partial charge in [0, 0.05) is 0 Å². The van der Waals surface area contributed by atoms with Crippen molar-refractivity contribution < 1.29 is 17.9 Å². The van der Waals surface area contributed by atoms with Crippen LogP contribution >= 0.6 is 24.0 Å². The van der Waals surface area contributed by atoms with E-state index in [1.165, 1.54) is 12.1 Å². The molecule has 0 aliphatic carbocycles. The Balaban J connectivity index is 1.81. The van der Waals surface area contributed by atoms with Gasteiger partial charge >= 0.3 is 0 Å². The molecular formula is C17H14N2O4S3. The Morgan fingerprint density at radius 1 is 1.12 bits per heavy atom. The minimum absolute atomic E-state index is 0.0492. The molecule has 3 rings (SSSR count). The second-order valence-corrected chi connectivity index (χ2v) is 8.53. The lowest BCUT2D eigenvalue weighted by molar-refractivity contribution is -0.123. The van der Waals surface area contributed by atoms with Gasteiger partial charge in [-0.1, -0.05) is 54.3 Å². The van der Waals surface area contributed by atoms with E-state index in [9.17, 15) is 13.2 Å². The summed E-state index contributed by atoms with van der Waals surface area (Å²) in [4.78, 5) is 15.2. The second kappa shape index (κ2) is 7.58. The van der Waals surface area contributed by atoms with Gasteiger partial charge < -0.3 is 4.74 Å². The summed E-state index contributed by atoms with van der Waals surface area (Å²) >= 11 is 6.18. The Bertz CT molecular complexity index is 971. The van der Waals surface area contributed by atoms with Crippen LogP contribution in [-0.4, -0.2) is 30.8 Å². The molecule has 1 aliphatic rings. The zero-order valence-corrected chi connectivity index (χ0v) is 16.0. The first-order valence-corrected chi connectivity index (χ1v) is 10.1. The third-order valence-electron chi connectivity index (χ3n) is 3.47. The minimum Gasteiger partial charge on any atom is -0.497 e. The van der Waals surface area contributed by atoms with E-state index in [1.807, 2.05) is 0 Å². The lowest BCUT2D eigenvalue weighted by Crippen LogP contribution is -2.44. The highest BCUT2D eigenvalue weighted by molar-refractivity contribution is 8.26. The molecule has 1 aliphatic heterocycles. The van der Waals surface area contributed by atoms with E-state index < -0.39 is 15.9 Å². The number of hydrogen-bond acceptors (Lipinski definition) is 6. The molecule has 9 heteroatoms. The normalized spacial score (nSPS) is 16.3. The van der Waals surface area contributed by atoms with Crippen molar-refractivity contribution >= 4 is 50.3 Å². The van der Waals surface area contributed by atoms with Gasteiger partial charge in [-0.2, -0.15) is 0 Å². The van der Waals surface area contributed by atoms with Crippen LogP contribution in [0.2, 0.25) is 0 Å². The van der Waals surface area contributed by atoms with E-state index in [-0.39, 0.29) is 9.22 Å². The Hall–Kier alpha value is -2.20. The summed E-state index contributed by atoms with van der Waals surface area (Å²) in [5, 5.41) is 0.873. The number of thioether (sulfide) groups is 1. The number of thiocarbonyl (C=S) groups is 1. The van der Waals surface area contributed by atoms with Gasteiger partial charge in [-0.3, -0.25) is 4.79 Å². The molecule has 1 amide bonds. The highest BCUT2D eigenvalue weighted by Gasteiger charge is 2.35. The largest absolute Gasteiger partial charge is 0.497 e. The van der Waals surface area contributed by atoms with Crippen LogP contribution in [0.4, 0.5) is 0 Å². The first-order valence-electron chi connectivity index (χ1n) is 7.40. The molecule has 0 saturated carbocycles. The van der Waals surface area contributed by atoms with Gasteiger partial charge in [0.15, 0.2) is 4.32 Å². The van der Waals surface area contributed by atoms with Gasteiger partial charge in [-0.25, -0.2) is 13.4 Å². The zero-order chi connectivity index (χ0) is 18.7. The predicted octanol–water partition coefficient (Wildman–Crippen LogP) is 2.79. The van der Waals surface area contributed by atoms with Crippen molar-refractivity contribution in [2.24, 2.45) is 0 Å². The number of hydrazine groups is 1. The van der Waals surface area contributed by atoms with Crippen molar-refractivity contribution in [2.75, 3.05) is 7.11 Å². The molecule has 1 N–H and O–H groups in total. The number of nitrogens with zero attached hydrogens (tertiary/aromatic N) is 1. The van der Waals surface area contributed by atoms with E-state index in [2.05, 4.69) is 4.83 Å². The third-order valence-corrected chi connectivity index (χ3v) is 6.09. The summed E-state index contributed by atoms with van der Waals surface area (Å²) < 4.78 is 30.0. The number of amides is 1. The smallest absolute Gasteiger partial charge is 0.281 e. The van der Waals surface area contributed by atoms with Crippen LogP contribution in [0.5, 0.6) is 5.75 Å². The molecule has 2 aromatic rings. The molecule has 1 fully saturated rings. The summed E-state index contributed by atoms with van der Waals surface area (Å²) in [5.74, 6) is 0.181. The number of carbonyl (C=O) groups excluding carboxylic acids is 1. The first-order chi connectivity index (χ1) is 12.4. The van der Waals surface area contributed by atoms with Gasteiger partial charge in [-0.15, -0.1) is 4.83 Å². The first kappa shape index (κ1) is 18.6. The van der Waals surface area contributed by atoms with Crippen LogP contribution in [-0.2, 0) is 14.8 Å². The van der Waals surface area contributed by atoms with Gasteiger partial charge in [-0.05, 0) is 35.9 Å². The molecule has 0 bridgehead atoms. The number of methoxy groups -OCH3 is 1. The molecule has 0 atom stereocenters. The maximum absolute atomic E-state index is 12.6. The molecule has 6 nitrogen and oxygen atoms in total. The maximum atomic E-state index is 12.6. The van der Waals surface area contributed by atoms with Crippen molar-refractivity contribution in [3.8, 4) is 5.75 Å². The van der Waals surface area contributed by atoms with Crippen molar-refractivity contribution in [1.82, 2.24) is 9.84 Å². The minimum atomic E-state index is -3.90. The number of hydrogen-bond donors (Lipinski definition) is 1. The van der Waals surface area contributed by atoms with Gasteiger partial charge in [0.2, 0.25) is 0 Å². The molecule has 134 valence electrons. The quantitative estimate of drug-likeness (QED) is 0.608. The van der Waals surface area contributed by atoms with E-state index in [4.69, 9.17) is 17.0 Å². The molecule has 0 unspecified atom stereocenters. The summed E-state index contributed by atoms with van der Waals surface area (Å²) in [7, 11) is -2.34. The van der Waals surface area contributed by atoms with Gasteiger partial charge in [0.1, 0.15) is 5.75 Å². The predicted molar refractivity (Wildman–Crippen MR) is 105 cm³/mol. The number of carbonyl (C=O) groups is 1. The maximum Gasteiger partial charge on any atom is 0.281 e. The Morgan fingerprint density at radius 2 is 1.77 bits per heavy atom. The van der Waals surface area contributed by atoms with Crippen LogP contribution in [0.1, 0.15) is 5.56 Å². The van der Waals surface area contributed by atoms with Crippen molar-refractivity contribution in [2.45, 2.75) is 4.90 Å². The SMILES string of the molecule is COc1ccc(/C=C2\SC(=S)N(NS(=O)(=O)c3ccccc3)C2=O)cc1. The number of sulfonamides is 1. The van der Waals surface area contributed by atoms with Crippen LogP contribution in [0.3, 0.4) is 0 Å². The molecule has 0 spiro atoms. The fraction of sp³-hybridized carbons (Fsp3) is 0.0588. The summed E-state index contributed by atoms with van der Waals surface area (Å²) in [5.41, 5.74) is 0.775. The molecule has 2 aromatic carbocycles. The lowest BCUT2D eigenvalue weighted by atomic mass is 10.2. The highest BCUT2D eigenvalue weighted by Crippen LogP contribution is 2.32. The van der Waals surface area contributed by atoms with E-state index in [0.717, 1.165) is 22.3 Å². The summed E-state index contributed by atoms with van der Waals surface area (Å²) in [6.45, 7) is 0. The molecule has 1 heterocycles. The van der Waals surface area contributed by atoms with Crippen LogP contribution in [0.25, 0.3) is 6.08 Å². The third kappa shape index (κ3) is 3.96. The number of nitrogens with one attached hydrogen (secondary N) is 1. The van der Waals surface area contributed by atoms with E-state index >= 15 is 0 Å². The fourth-order valence-corrected chi connectivity index (χ4v) is 4.50. The summed E-state index contributed by atoms with van der Waals surface area (Å²) in [6, 6.07) is 14.9. The Morgan fingerprint density at radius 3 is 2.38 bits per heavy atom. The average Bonchev–Trinajstić information content (AvgIpc) is 2.90. The van der Waals surface area contributed by atoms with E-state index in [0.29, 0.717) is 10.7 Å². The van der Waals surface area contributed by atoms with Crippen molar-refractivity contribution in [3.63, 3.8) is 0 Å². The number of rotatable bonds is 5. The average molecular weight is 407 g/mol. The van der Waals surface area contributed by atoms with Crippen molar-refractivity contribution in [1.29, 1.82) is 0 Å². The second-order valence-electron chi connectivity index (χ2n) is 5.20. The standard InChI is InChI=1S/C17H14N2O4S3/c1-23-13-9-7-12(8-10-13)11-15-16(20)19(17(24)25-15)18-26(21,22)14-5-3-2-4-6-14/h2-11,18H,1H3/b15-11-. The fourth-order valence-electron chi connectivity index (χ4n) is 2.17. The Kier molecular flexibility index (Phi) is 5.42. The molecule has 0 aromatic heterocycles. The zero-order valence-electron chi connectivity index (χ0n) is 13.6. The van der Waals surface area contributed by atoms with Crippen molar-refractivity contribution in [3.05, 3.63) is 65.1 Å². The molecule has 0 radical (unpaired) electrons.